The summed E-state index contributed by atoms with van der Waals surface area (Å²) in [4.78, 5) is 23.9. The Morgan fingerprint density at radius 2 is 1.96 bits per heavy atom. The maximum atomic E-state index is 13.3. The minimum atomic E-state index is -4.73. The number of halogens is 3. The normalized spacial score (nSPS) is 39.7. The molecule has 10 heteroatoms. The lowest BCUT2D eigenvalue weighted by atomic mass is 9.79. The predicted octanol–water partition coefficient (Wildman–Crippen LogP) is 1.10. The van der Waals surface area contributed by atoms with Gasteiger partial charge in [-0.1, -0.05) is 20.8 Å². The van der Waals surface area contributed by atoms with E-state index in [1.165, 1.54) is 0 Å². The van der Waals surface area contributed by atoms with E-state index in [0.717, 1.165) is 0 Å². The molecule has 2 rings (SSSR count). The summed E-state index contributed by atoms with van der Waals surface area (Å²) in [7, 11) is 0. The number of carbonyl (C=O) groups excluding carboxylic acids is 2. The summed E-state index contributed by atoms with van der Waals surface area (Å²) in [6, 6.07) is 0. The highest BCUT2D eigenvalue weighted by molar-refractivity contribution is 7.80. The Morgan fingerprint density at radius 3 is 2.38 bits per heavy atom. The summed E-state index contributed by atoms with van der Waals surface area (Å²) in [5, 5.41) is 5.98. The maximum Gasteiger partial charge on any atom is 0.343 e. The molecule has 2 fully saturated rings. The molecule has 5 atom stereocenters. The van der Waals surface area contributed by atoms with Gasteiger partial charge in [0.15, 0.2) is 5.60 Å². The number of rotatable bonds is 6. The Morgan fingerprint density at radius 1 is 1.42 bits per heavy atom. The molecule has 0 saturated heterocycles. The van der Waals surface area contributed by atoms with E-state index in [9.17, 15) is 36.6 Å². The summed E-state index contributed by atoms with van der Waals surface area (Å²) in [5.41, 5.74) is -5.13. The van der Waals surface area contributed by atoms with Crippen LogP contribution in [-0.2, 0) is 25.4 Å². The molecule has 1 N–H and O–H groups in total. The lowest BCUT2D eigenvalue weighted by Gasteiger charge is -2.32. The van der Waals surface area contributed by atoms with Crippen molar-refractivity contribution >= 4 is 23.3 Å². The van der Waals surface area contributed by atoms with Crippen LogP contribution in [0.25, 0.3) is 0 Å². The van der Waals surface area contributed by atoms with E-state index in [0.29, 0.717) is 12.7 Å². The highest BCUT2D eigenvalue weighted by Gasteiger charge is 2.91. The standard InChI is InChI=1S/C14H19F3O6S/c1-10(2)11(3)4-5-12(20,13(10,11)7-18)9(19)23-6-8(15)14(16,17)24(21)22/h7-8,20H,4-6H2,1-3H3,(H,21,22)/p-1. The molecule has 0 aromatic rings. The Bertz CT molecular complexity index is 611. The van der Waals surface area contributed by atoms with Gasteiger partial charge < -0.3 is 19.2 Å². The van der Waals surface area contributed by atoms with Gasteiger partial charge in [-0.05, 0) is 23.7 Å². The van der Waals surface area contributed by atoms with Gasteiger partial charge in [0.25, 0.3) is 0 Å². The van der Waals surface area contributed by atoms with E-state index < -0.39 is 56.9 Å². The van der Waals surface area contributed by atoms with E-state index in [1.54, 1.807) is 20.8 Å². The average molecular weight is 371 g/mol. The second-order valence-corrected chi connectivity index (χ2v) is 8.12. The molecule has 0 heterocycles. The van der Waals surface area contributed by atoms with Gasteiger partial charge in [-0.25, -0.2) is 9.18 Å². The molecular formula is C14H18F3O6S-. The van der Waals surface area contributed by atoms with Crippen molar-refractivity contribution in [2.45, 2.75) is 50.6 Å². The van der Waals surface area contributed by atoms with Crippen LogP contribution >= 0.6 is 0 Å². The van der Waals surface area contributed by atoms with Crippen LogP contribution in [0.5, 0.6) is 0 Å². The fourth-order valence-electron chi connectivity index (χ4n) is 4.44. The smallest absolute Gasteiger partial charge is 0.343 e. The third kappa shape index (κ3) is 1.93. The quantitative estimate of drug-likeness (QED) is 0.426. The number of aliphatic hydroxyl groups is 1. The first kappa shape index (κ1) is 19.3. The Balaban J connectivity index is 2.17. The van der Waals surface area contributed by atoms with Gasteiger partial charge in [-0.3, -0.25) is 4.21 Å². The average Bonchev–Trinajstić information content (AvgIpc) is 2.73. The van der Waals surface area contributed by atoms with Gasteiger partial charge in [-0.2, -0.15) is 8.78 Å². The van der Waals surface area contributed by atoms with E-state index in [-0.39, 0.29) is 6.42 Å². The zero-order chi connectivity index (χ0) is 18.8. The summed E-state index contributed by atoms with van der Waals surface area (Å²) in [6.07, 6.45) is -2.62. The van der Waals surface area contributed by atoms with Crippen molar-refractivity contribution in [3.05, 3.63) is 0 Å². The van der Waals surface area contributed by atoms with Crippen molar-refractivity contribution < 1.29 is 41.4 Å². The van der Waals surface area contributed by atoms with Crippen molar-refractivity contribution in [2.24, 2.45) is 16.2 Å². The summed E-state index contributed by atoms with van der Waals surface area (Å²) in [5.74, 6) is -1.40. The van der Waals surface area contributed by atoms with E-state index >= 15 is 0 Å². The topological polar surface area (TPSA) is 104 Å². The molecule has 0 spiro atoms. The fourth-order valence-corrected chi connectivity index (χ4v) is 4.72. The molecule has 5 unspecified atom stereocenters. The number of aldehydes is 1. The Kier molecular flexibility index (Phi) is 4.23. The highest BCUT2D eigenvalue weighted by atomic mass is 32.2. The van der Waals surface area contributed by atoms with Crippen LogP contribution in [0.4, 0.5) is 13.2 Å². The number of esters is 1. The second kappa shape index (κ2) is 5.25. The van der Waals surface area contributed by atoms with Crippen molar-refractivity contribution in [3.63, 3.8) is 0 Å². The lowest BCUT2D eigenvalue weighted by Crippen LogP contribution is -2.51. The first-order valence-electron chi connectivity index (χ1n) is 7.23. The van der Waals surface area contributed by atoms with Crippen LogP contribution in [-0.4, -0.2) is 49.8 Å². The number of fused-ring (bicyclic) bond motifs is 1. The zero-order valence-corrected chi connectivity index (χ0v) is 14.1. The van der Waals surface area contributed by atoms with E-state index in [4.69, 9.17) is 0 Å². The molecule has 0 aromatic heterocycles. The molecular weight excluding hydrogens is 353 g/mol. The number of ether oxygens (including phenoxy) is 1. The molecule has 0 bridgehead atoms. The van der Waals surface area contributed by atoms with E-state index in [1.807, 2.05) is 0 Å². The minimum Gasteiger partial charge on any atom is -0.768 e. The molecule has 2 aliphatic carbocycles. The van der Waals surface area contributed by atoms with Gasteiger partial charge in [0.05, 0.1) is 5.41 Å². The van der Waals surface area contributed by atoms with Crippen molar-refractivity contribution in [1.29, 1.82) is 0 Å². The third-order valence-corrected chi connectivity index (χ3v) is 6.97. The maximum absolute atomic E-state index is 13.3. The highest BCUT2D eigenvalue weighted by Crippen LogP contribution is 2.86. The van der Waals surface area contributed by atoms with Gasteiger partial charge in [0.2, 0.25) is 6.17 Å². The van der Waals surface area contributed by atoms with Crippen LogP contribution in [0.1, 0.15) is 33.6 Å². The molecule has 2 aliphatic rings. The summed E-state index contributed by atoms with van der Waals surface area (Å²) < 4.78 is 64.3. The Labute approximate surface area is 139 Å². The van der Waals surface area contributed by atoms with Crippen molar-refractivity contribution in [2.75, 3.05) is 6.61 Å². The zero-order valence-electron chi connectivity index (χ0n) is 13.3. The SMILES string of the molecule is CC1(C)C2(C)CCC(O)(C(=O)OCC(F)C(F)(F)S(=O)[O-])C12C=O. The van der Waals surface area contributed by atoms with Gasteiger partial charge in [0, 0.05) is 11.1 Å². The molecule has 138 valence electrons. The van der Waals surface area contributed by atoms with Crippen LogP contribution in [0.15, 0.2) is 0 Å². The molecule has 24 heavy (non-hydrogen) atoms. The van der Waals surface area contributed by atoms with Crippen LogP contribution < -0.4 is 0 Å². The predicted molar refractivity (Wildman–Crippen MR) is 74.3 cm³/mol. The van der Waals surface area contributed by atoms with E-state index in [2.05, 4.69) is 4.74 Å². The van der Waals surface area contributed by atoms with Crippen LogP contribution in [0, 0.1) is 16.2 Å². The molecule has 0 aromatic carbocycles. The minimum absolute atomic E-state index is 0.134. The number of hydrogen-bond donors (Lipinski definition) is 1. The van der Waals surface area contributed by atoms with Crippen LogP contribution in [0.3, 0.4) is 0 Å². The summed E-state index contributed by atoms with van der Waals surface area (Å²) in [6.45, 7) is 3.55. The molecule has 0 amide bonds. The lowest BCUT2D eigenvalue weighted by molar-refractivity contribution is -0.179. The van der Waals surface area contributed by atoms with Gasteiger partial charge >= 0.3 is 11.2 Å². The third-order valence-electron chi connectivity index (χ3n) is 6.27. The second-order valence-electron chi connectivity index (χ2n) is 7.11. The summed E-state index contributed by atoms with van der Waals surface area (Å²) >= 11 is -4.03. The molecule has 0 aliphatic heterocycles. The Hall–Kier alpha value is -1.00. The number of hydrogen-bond acceptors (Lipinski definition) is 6. The van der Waals surface area contributed by atoms with Crippen molar-refractivity contribution in [1.82, 2.24) is 0 Å². The molecule has 0 radical (unpaired) electrons. The first-order valence-corrected chi connectivity index (χ1v) is 8.31. The largest absolute Gasteiger partial charge is 0.768 e. The molecule has 2 saturated carbocycles. The monoisotopic (exact) mass is 371 g/mol. The van der Waals surface area contributed by atoms with Gasteiger partial charge in [-0.15, -0.1) is 0 Å². The first-order chi connectivity index (χ1) is 10.8. The molecule has 6 nitrogen and oxygen atoms in total. The van der Waals surface area contributed by atoms with Crippen molar-refractivity contribution in [3.8, 4) is 0 Å². The number of carbonyl (C=O) groups is 2. The fraction of sp³-hybridized carbons (Fsp3) is 0.857. The van der Waals surface area contributed by atoms with Gasteiger partial charge in [0.1, 0.15) is 12.9 Å². The number of alkyl halides is 3. The van der Waals surface area contributed by atoms with Crippen LogP contribution in [0.2, 0.25) is 0 Å².